The average Bonchev–Trinajstić information content (AvgIpc) is 2.78. The fourth-order valence-corrected chi connectivity index (χ4v) is 4.44. The normalized spacial score (nSPS) is 21.9. The van der Waals surface area contributed by atoms with Crippen LogP contribution in [0.5, 0.6) is 5.75 Å². The molecule has 1 aromatic rings. The summed E-state index contributed by atoms with van der Waals surface area (Å²) in [5, 5.41) is 2.57. The van der Waals surface area contributed by atoms with Gasteiger partial charge in [0, 0.05) is 0 Å². The number of esters is 1. The van der Waals surface area contributed by atoms with Crippen molar-refractivity contribution in [2.75, 3.05) is 24.7 Å². The van der Waals surface area contributed by atoms with E-state index in [1.54, 1.807) is 6.92 Å². The topological polar surface area (TPSA) is 98.8 Å². The van der Waals surface area contributed by atoms with Crippen LogP contribution in [-0.2, 0) is 24.2 Å². The van der Waals surface area contributed by atoms with Gasteiger partial charge in [0.25, 0.3) is 5.91 Å². The number of rotatable bonds is 6. The maximum absolute atomic E-state index is 12.7. The van der Waals surface area contributed by atoms with Gasteiger partial charge < -0.3 is 14.8 Å². The highest BCUT2D eigenvalue weighted by Gasteiger charge is 2.39. The van der Waals surface area contributed by atoms with Crippen molar-refractivity contribution in [2.45, 2.75) is 18.9 Å². The molecule has 0 unspecified atom stereocenters. The molecule has 9 heteroatoms. The Hall–Kier alpha value is -2.16. The Balaban J connectivity index is 1.71. The average molecular weight is 359 g/mol. The van der Waals surface area contributed by atoms with Gasteiger partial charge in [0.1, 0.15) is 11.6 Å². The monoisotopic (exact) mass is 359 g/mol. The van der Waals surface area contributed by atoms with Crippen LogP contribution in [-0.4, -0.2) is 50.6 Å². The largest absolute Gasteiger partial charge is 0.482 e. The Labute approximate surface area is 139 Å². The number of carbonyl (C=O) groups excluding carboxylic acids is 2. The van der Waals surface area contributed by atoms with Crippen LogP contribution >= 0.6 is 0 Å². The van der Waals surface area contributed by atoms with E-state index >= 15 is 0 Å². The zero-order valence-electron chi connectivity index (χ0n) is 13.1. The van der Waals surface area contributed by atoms with Crippen LogP contribution in [0.15, 0.2) is 24.3 Å². The molecule has 1 aromatic carbocycles. The number of hydrogen-bond donors (Lipinski definition) is 1. The lowest BCUT2D eigenvalue weighted by Crippen LogP contribution is -2.48. The summed E-state index contributed by atoms with van der Waals surface area (Å²) in [5.41, 5.74) is -0.840. The first-order valence-electron chi connectivity index (χ1n) is 7.23. The van der Waals surface area contributed by atoms with Crippen LogP contribution in [0, 0.1) is 5.82 Å². The van der Waals surface area contributed by atoms with Crippen molar-refractivity contribution in [2.24, 2.45) is 0 Å². The number of amides is 1. The molecule has 1 atom stereocenters. The lowest BCUT2D eigenvalue weighted by molar-refractivity contribution is -0.150. The number of halogens is 1. The maximum Gasteiger partial charge on any atom is 0.344 e. The summed E-state index contributed by atoms with van der Waals surface area (Å²) in [4.78, 5) is 23.3. The minimum absolute atomic E-state index is 0.0229. The van der Waals surface area contributed by atoms with Crippen LogP contribution in [0.25, 0.3) is 0 Å². The van der Waals surface area contributed by atoms with E-state index in [2.05, 4.69) is 5.32 Å². The summed E-state index contributed by atoms with van der Waals surface area (Å²) >= 11 is 0. The van der Waals surface area contributed by atoms with E-state index in [0.717, 1.165) is 0 Å². The van der Waals surface area contributed by atoms with E-state index in [1.165, 1.54) is 24.3 Å². The van der Waals surface area contributed by atoms with Crippen LogP contribution in [0.3, 0.4) is 0 Å². The minimum atomic E-state index is -3.14. The van der Waals surface area contributed by atoms with Crippen LogP contribution < -0.4 is 10.1 Å². The molecule has 1 fully saturated rings. The first-order chi connectivity index (χ1) is 11.2. The van der Waals surface area contributed by atoms with E-state index < -0.39 is 46.3 Å². The number of hydrogen-bond acceptors (Lipinski definition) is 6. The second kappa shape index (κ2) is 7.16. The molecule has 7 nitrogen and oxygen atoms in total. The molecule has 1 amide bonds. The molecule has 2 rings (SSSR count). The van der Waals surface area contributed by atoms with Gasteiger partial charge in [-0.3, -0.25) is 4.79 Å². The van der Waals surface area contributed by atoms with Gasteiger partial charge in [-0.2, -0.15) is 0 Å². The lowest BCUT2D eigenvalue weighted by Gasteiger charge is -2.23. The predicted molar refractivity (Wildman–Crippen MR) is 82.7 cm³/mol. The molecule has 0 saturated carbocycles. The number of sulfone groups is 1. The standard InChI is InChI=1S/C15H18FNO6S/c1-15(6-7-24(20,21)10-15)17-13(18)8-23-14(19)9-22-12-4-2-11(16)3-5-12/h2-5H,6-10H2,1H3,(H,17,18)/t15-/m0/s1. The highest BCUT2D eigenvalue weighted by atomic mass is 32.2. The molecule has 1 heterocycles. The van der Waals surface area contributed by atoms with Gasteiger partial charge in [-0.1, -0.05) is 0 Å². The van der Waals surface area contributed by atoms with Gasteiger partial charge >= 0.3 is 5.97 Å². The fraction of sp³-hybridized carbons (Fsp3) is 0.467. The summed E-state index contributed by atoms with van der Waals surface area (Å²) < 4.78 is 45.5. The van der Waals surface area contributed by atoms with Gasteiger partial charge in [-0.15, -0.1) is 0 Å². The van der Waals surface area contributed by atoms with E-state index in [0.29, 0.717) is 12.2 Å². The van der Waals surface area contributed by atoms with Gasteiger partial charge in [0.05, 0.1) is 17.0 Å². The number of nitrogens with one attached hydrogen (secondary N) is 1. The molecule has 132 valence electrons. The summed E-state index contributed by atoms with van der Waals surface area (Å²) in [6, 6.07) is 5.09. The fourth-order valence-electron chi connectivity index (χ4n) is 2.34. The third-order valence-electron chi connectivity index (χ3n) is 3.48. The Bertz CT molecular complexity index is 718. The first-order valence-corrected chi connectivity index (χ1v) is 9.05. The molecule has 0 bridgehead atoms. The molecule has 0 aromatic heterocycles. The first kappa shape index (κ1) is 18.2. The quantitative estimate of drug-likeness (QED) is 0.740. The Morgan fingerprint density at radius 2 is 1.92 bits per heavy atom. The van der Waals surface area contributed by atoms with Crippen molar-refractivity contribution in [3.63, 3.8) is 0 Å². The van der Waals surface area contributed by atoms with E-state index in [1.807, 2.05) is 0 Å². The van der Waals surface area contributed by atoms with Crippen molar-refractivity contribution < 1.29 is 31.9 Å². The minimum Gasteiger partial charge on any atom is -0.482 e. The van der Waals surface area contributed by atoms with Crippen LogP contribution in [0.1, 0.15) is 13.3 Å². The lowest BCUT2D eigenvalue weighted by atomic mass is 10.0. The third kappa shape index (κ3) is 5.48. The third-order valence-corrected chi connectivity index (χ3v) is 5.38. The Kier molecular flexibility index (Phi) is 5.43. The molecule has 1 saturated heterocycles. The number of benzene rings is 1. The maximum atomic E-state index is 12.7. The van der Waals surface area contributed by atoms with Gasteiger partial charge in [-0.25, -0.2) is 17.6 Å². The van der Waals surface area contributed by atoms with E-state index in [9.17, 15) is 22.4 Å². The Morgan fingerprint density at radius 3 is 2.50 bits per heavy atom. The molecule has 1 aliphatic heterocycles. The predicted octanol–water partition coefficient (Wildman–Crippen LogP) is 0.441. The molecular weight excluding hydrogens is 341 g/mol. The van der Waals surface area contributed by atoms with E-state index in [-0.39, 0.29) is 11.5 Å². The number of ether oxygens (including phenoxy) is 2. The molecule has 1 N–H and O–H groups in total. The van der Waals surface area contributed by atoms with Crippen LogP contribution in [0.2, 0.25) is 0 Å². The Morgan fingerprint density at radius 1 is 1.25 bits per heavy atom. The second-order valence-corrected chi connectivity index (χ2v) is 8.04. The van der Waals surface area contributed by atoms with Crippen molar-refractivity contribution in [1.82, 2.24) is 5.32 Å². The smallest absolute Gasteiger partial charge is 0.344 e. The van der Waals surface area contributed by atoms with E-state index in [4.69, 9.17) is 9.47 Å². The summed E-state index contributed by atoms with van der Waals surface area (Å²) in [6.45, 7) is 0.681. The van der Waals surface area contributed by atoms with Crippen molar-refractivity contribution in [1.29, 1.82) is 0 Å². The molecule has 0 radical (unpaired) electrons. The van der Waals surface area contributed by atoms with Gasteiger partial charge in [-0.05, 0) is 37.6 Å². The van der Waals surface area contributed by atoms with Gasteiger partial charge in [0.15, 0.2) is 23.1 Å². The van der Waals surface area contributed by atoms with Crippen LogP contribution in [0.4, 0.5) is 4.39 Å². The highest BCUT2D eigenvalue weighted by molar-refractivity contribution is 7.91. The zero-order valence-corrected chi connectivity index (χ0v) is 13.9. The molecule has 24 heavy (non-hydrogen) atoms. The molecule has 0 aliphatic carbocycles. The van der Waals surface area contributed by atoms with Crippen molar-refractivity contribution in [3.05, 3.63) is 30.1 Å². The SMILES string of the molecule is C[C@]1(NC(=O)COC(=O)COc2ccc(F)cc2)CCS(=O)(=O)C1. The number of carbonyl (C=O) groups is 2. The second-order valence-electron chi connectivity index (χ2n) is 5.85. The van der Waals surface area contributed by atoms with Gasteiger partial charge in [0.2, 0.25) is 0 Å². The molecular formula is C15H18FNO6S. The van der Waals surface area contributed by atoms with Crippen molar-refractivity contribution in [3.8, 4) is 5.75 Å². The highest BCUT2D eigenvalue weighted by Crippen LogP contribution is 2.22. The van der Waals surface area contributed by atoms with Crippen molar-refractivity contribution >= 4 is 21.7 Å². The molecule has 0 spiro atoms. The summed E-state index contributed by atoms with van der Waals surface area (Å²) in [6.07, 6.45) is 0.322. The zero-order chi connectivity index (χ0) is 17.8. The molecule has 1 aliphatic rings. The summed E-state index contributed by atoms with van der Waals surface area (Å²) in [7, 11) is -3.14. The summed E-state index contributed by atoms with van der Waals surface area (Å²) in [5.74, 6) is -1.59.